The molecule has 0 bridgehead atoms. The number of hydroxylamine groups is 2. The van der Waals surface area contributed by atoms with Crippen LogP contribution in [0.25, 0.3) is 0 Å². The number of allylic oxidation sites excluding steroid dienone is 4. The van der Waals surface area contributed by atoms with Crippen LogP contribution in [0, 0.1) is 5.21 Å². The number of amides is 1. The normalized spacial score (nSPS) is 11.9. The lowest BCUT2D eigenvalue weighted by atomic mass is 10.1. The van der Waals surface area contributed by atoms with Gasteiger partial charge in [0.25, 0.3) is 0 Å². The van der Waals surface area contributed by atoms with Crippen molar-refractivity contribution in [3.05, 3.63) is 29.5 Å². The summed E-state index contributed by atoms with van der Waals surface area (Å²) >= 11 is 0. The van der Waals surface area contributed by atoms with E-state index in [0.717, 1.165) is 38.6 Å². The fourth-order valence-corrected chi connectivity index (χ4v) is 3.10. The average molecular weight is 410 g/mol. The van der Waals surface area contributed by atoms with Gasteiger partial charge in [-0.05, 0) is 58.5 Å². The van der Waals surface area contributed by atoms with E-state index >= 15 is 0 Å². The van der Waals surface area contributed by atoms with E-state index in [1.54, 1.807) is 0 Å². The minimum atomic E-state index is -0.291. The van der Waals surface area contributed by atoms with Crippen molar-refractivity contribution in [2.45, 2.75) is 90.4 Å². The van der Waals surface area contributed by atoms with Gasteiger partial charge in [-0.25, -0.2) is 0 Å². The second-order valence-corrected chi connectivity index (χ2v) is 7.86. The molecule has 0 aliphatic carbocycles. The summed E-state index contributed by atoms with van der Waals surface area (Å²) in [5.74, 6) is -0.291. The molecule has 1 N–H and O–H groups in total. The van der Waals surface area contributed by atoms with Gasteiger partial charge in [-0.1, -0.05) is 63.3 Å². The molecule has 0 aromatic rings. The SMILES string of the molecule is CCCCC/C=C/C/C=C/CCCCCCCC(=O)N([O-])CCCN(C)CCO. The molecule has 0 unspecified atom stereocenters. The molecule has 0 aromatic heterocycles. The summed E-state index contributed by atoms with van der Waals surface area (Å²) in [7, 11) is 1.90. The van der Waals surface area contributed by atoms with Gasteiger partial charge in [0, 0.05) is 19.5 Å². The molecule has 29 heavy (non-hydrogen) atoms. The zero-order valence-corrected chi connectivity index (χ0v) is 19.0. The van der Waals surface area contributed by atoms with E-state index in [4.69, 9.17) is 5.11 Å². The second kappa shape index (κ2) is 21.5. The average Bonchev–Trinajstić information content (AvgIpc) is 2.70. The molecule has 0 atom stereocenters. The number of hydrogen-bond acceptors (Lipinski definition) is 4. The number of aliphatic hydroxyl groups excluding tert-OH is 1. The Hall–Kier alpha value is -1.17. The fraction of sp³-hybridized carbons (Fsp3) is 0.792. The molecule has 0 fully saturated rings. The van der Waals surface area contributed by atoms with Gasteiger partial charge in [-0.3, -0.25) is 4.79 Å². The highest BCUT2D eigenvalue weighted by atomic mass is 16.5. The molecule has 0 aromatic carbocycles. The maximum absolute atomic E-state index is 11.8. The van der Waals surface area contributed by atoms with Crippen molar-refractivity contribution in [2.75, 3.05) is 33.3 Å². The molecule has 0 saturated carbocycles. The zero-order valence-electron chi connectivity index (χ0n) is 19.0. The Labute approximate surface area is 179 Å². The van der Waals surface area contributed by atoms with Crippen molar-refractivity contribution in [1.82, 2.24) is 9.96 Å². The molecule has 5 heteroatoms. The first-order valence-electron chi connectivity index (χ1n) is 11.7. The maximum Gasteiger partial charge on any atom is 0.212 e. The number of nitrogens with zero attached hydrogens (tertiary/aromatic N) is 2. The van der Waals surface area contributed by atoms with Gasteiger partial charge in [-0.15, -0.1) is 0 Å². The summed E-state index contributed by atoms with van der Waals surface area (Å²) in [6, 6.07) is 0. The van der Waals surface area contributed by atoms with Crippen molar-refractivity contribution in [2.24, 2.45) is 0 Å². The highest BCUT2D eigenvalue weighted by molar-refractivity contribution is 5.76. The van der Waals surface area contributed by atoms with Crippen molar-refractivity contribution in [3.8, 4) is 0 Å². The third kappa shape index (κ3) is 19.9. The van der Waals surface area contributed by atoms with Crippen LogP contribution in [0.1, 0.15) is 90.4 Å². The van der Waals surface area contributed by atoms with E-state index in [2.05, 4.69) is 31.2 Å². The molecule has 0 heterocycles. The van der Waals surface area contributed by atoms with E-state index < -0.39 is 0 Å². The number of carbonyl (C=O) groups is 1. The zero-order chi connectivity index (χ0) is 21.6. The minimum absolute atomic E-state index is 0.114. The van der Waals surface area contributed by atoms with E-state index in [-0.39, 0.29) is 19.1 Å². The van der Waals surface area contributed by atoms with Crippen molar-refractivity contribution >= 4 is 5.91 Å². The largest absolute Gasteiger partial charge is 0.756 e. The van der Waals surface area contributed by atoms with Crippen LogP contribution in [0.2, 0.25) is 0 Å². The standard InChI is InChI=1S/C24H45N2O3/c1-3-4-5-6-7-8-9-10-11-12-13-14-15-16-17-19-24(28)26(29)21-18-20-25(2)22-23-27/h7-8,10-11,27H,3-6,9,12-23H2,1-2H3/q-1/b8-7+,11-10+. The van der Waals surface area contributed by atoms with Crippen LogP contribution in [-0.2, 0) is 4.79 Å². The summed E-state index contributed by atoms with van der Waals surface area (Å²) < 4.78 is 0. The van der Waals surface area contributed by atoms with Gasteiger partial charge in [0.05, 0.1) is 6.61 Å². The van der Waals surface area contributed by atoms with Gasteiger partial charge in [0.15, 0.2) is 0 Å². The predicted octanol–water partition coefficient (Wildman–Crippen LogP) is 5.44. The van der Waals surface area contributed by atoms with E-state index in [1.165, 1.54) is 38.5 Å². The Kier molecular flexibility index (Phi) is 20.7. The Morgan fingerprint density at radius 2 is 1.45 bits per heavy atom. The number of rotatable bonds is 20. The Morgan fingerprint density at radius 1 is 0.828 bits per heavy atom. The van der Waals surface area contributed by atoms with Crippen LogP contribution >= 0.6 is 0 Å². The highest BCUT2D eigenvalue weighted by Gasteiger charge is 2.04. The van der Waals surface area contributed by atoms with Crippen molar-refractivity contribution < 1.29 is 9.90 Å². The second-order valence-electron chi connectivity index (χ2n) is 7.86. The maximum atomic E-state index is 11.8. The third-order valence-electron chi connectivity index (χ3n) is 5.00. The molecule has 0 rings (SSSR count). The van der Waals surface area contributed by atoms with Gasteiger partial charge < -0.3 is 20.3 Å². The summed E-state index contributed by atoms with van der Waals surface area (Å²) in [5, 5.41) is 21.2. The smallest absolute Gasteiger partial charge is 0.212 e. The lowest BCUT2D eigenvalue weighted by Gasteiger charge is -2.29. The molecular formula is C24H45N2O3-. The van der Waals surface area contributed by atoms with Crippen molar-refractivity contribution in [1.29, 1.82) is 0 Å². The Morgan fingerprint density at radius 3 is 2.10 bits per heavy atom. The lowest BCUT2D eigenvalue weighted by molar-refractivity contribution is -0.128. The molecule has 5 nitrogen and oxygen atoms in total. The first-order chi connectivity index (χ1) is 14.1. The van der Waals surface area contributed by atoms with Crippen LogP contribution in [0.3, 0.4) is 0 Å². The fourth-order valence-electron chi connectivity index (χ4n) is 3.10. The summed E-state index contributed by atoms with van der Waals surface area (Å²) in [5.41, 5.74) is 0. The quantitative estimate of drug-likeness (QED) is 0.165. The third-order valence-corrected chi connectivity index (χ3v) is 5.00. The lowest BCUT2D eigenvalue weighted by Crippen LogP contribution is -2.30. The molecule has 0 spiro atoms. The summed E-state index contributed by atoms with van der Waals surface area (Å²) in [4.78, 5) is 13.8. The molecule has 0 radical (unpaired) electrons. The topological polar surface area (TPSA) is 66.8 Å². The van der Waals surface area contributed by atoms with Crippen molar-refractivity contribution in [3.63, 3.8) is 0 Å². The van der Waals surface area contributed by atoms with Crippen LogP contribution in [0.15, 0.2) is 24.3 Å². The van der Waals surface area contributed by atoms with Gasteiger partial charge in [0.2, 0.25) is 5.91 Å². The Bertz CT molecular complexity index is 424. The Balaban J connectivity index is 3.46. The first kappa shape index (κ1) is 27.8. The van der Waals surface area contributed by atoms with Gasteiger partial charge in [0.1, 0.15) is 0 Å². The summed E-state index contributed by atoms with van der Waals surface area (Å²) in [6.45, 7) is 3.91. The summed E-state index contributed by atoms with van der Waals surface area (Å²) in [6.07, 6.45) is 22.7. The van der Waals surface area contributed by atoms with E-state index in [9.17, 15) is 10.0 Å². The molecule has 0 aliphatic rings. The van der Waals surface area contributed by atoms with Gasteiger partial charge in [-0.2, -0.15) is 0 Å². The number of carbonyl (C=O) groups excluding carboxylic acids is 1. The molecule has 170 valence electrons. The first-order valence-corrected chi connectivity index (χ1v) is 11.7. The molecule has 0 saturated heterocycles. The monoisotopic (exact) mass is 409 g/mol. The number of unbranched alkanes of at least 4 members (excludes halogenated alkanes) is 8. The van der Waals surface area contributed by atoms with Crippen LogP contribution in [0.5, 0.6) is 0 Å². The molecule has 0 aliphatic heterocycles. The van der Waals surface area contributed by atoms with E-state index in [0.29, 0.717) is 24.4 Å². The molecular weight excluding hydrogens is 364 g/mol. The number of hydrogen-bond donors (Lipinski definition) is 1. The van der Waals surface area contributed by atoms with E-state index in [1.807, 2.05) is 11.9 Å². The van der Waals surface area contributed by atoms with Crippen LogP contribution < -0.4 is 0 Å². The number of likely N-dealkylation sites (N-methyl/N-ethyl adjacent to an activating group) is 1. The highest BCUT2D eigenvalue weighted by Crippen LogP contribution is 2.09. The molecule has 1 amide bonds. The minimum Gasteiger partial charge on any atom is -0.756 e. The van der Waals surface area contributed by atoms with Crippen LogP contribution in [-0.4, -0.2) is 54.3 Å². The van der Waals surface area contributed by atoms with Gasteiger partial charge >= 0.3 is 0 Å². The number of aliphatic hydroxyl groups is 1. The van der Waals surface area contributed by atoms with Crippen LogP contribution in [0.4, 0.5) is 0 Å². The predicted molar refractivity (Wildman–Crippen MR) is 124 cm³/mol.